The molecule has 3 atom stereocenters. The highest BCUT2D eigenvalue weighted by molar-refractivity contribution is 6.31. The van der Waals surface area contributed by atoms with E-state index in [1.807, 2.05) is 12.1 Å². The third-order valence-electron chi connectivity index (χ3n) is 4.28. The molecule has 0 nitrogen and oxygen atoms in total. The van der Waals surface area contributed by atoms with Crippen LogP contribution >= 0.6 is 11.6 Å². The Kier molecular flexibility index (Phi) is 1.73. The summed E-state index contributed by atoms with van der Waals surface area (Å²) in [5.41, 5.74) is 1.90. The Morgan fingerprint density at radius 2 is 2.14 bits per heavy atom. The first-order valence-electron chi connectivity index (χ1n) is 5.49. The minimum absolute atomic E-state index is 0.484. The fourth-order valence-corrected chi connectivity index (χ4v) is 3.69. The van der Waals surface area contributed by atoms with Crippen LogP contribution in [0, 0.1) is 11.8 Å². The van der Waals surface area contributed by atoms with Crippen molar-refractivity contribution in [1.82, 2.24) is 0 Å². The van der Waals surface area contributed by atoms with Crippen molar-refractivity contribution in [1.29, 1.82) is 0 Å². The predicted octanol–water partition coefficient (Wildman–Crippen LogP) is 4.03. The highest BCUT2D eigenvalue weighted by Crippen LogP contribution is 2.67. The first-order chi connectivity index (χ1) is 6.74. The molecule has 2 saturated carbocycles. The third kappa shape index (κ3) is 1.01. The number of halogens is 1. The third-order valence-corrected chi connectivity index (χ3v) is 4.61. The number of benzene rings is 1. The standard InChI is InChI=1S/C13H15Cl/c1-9-6-7-13(8-11(9)13)10-4-2-3-5-12(10)14/h2-5,9,11H,6-8H2,1H3/t9-,11?,13?/m1/s1. The Labute approximate surface area is 90.3 Å². The van der Waals surface area contributed by atoms with Gasteiger partial charge in [0.05, 0.1) is 0 Å². The second kappa shape index (κ2) is 2.76. The van der Waals surface area contributed by atoms with Crippen molar-refractivity contribution in [2.75, 3.05) is 0 Å². The normalized spacial score (nSPS) is 39.6. The molecule has 2 unspecified atom stereocenters. The van der Waals surface area contributed by atoms with Gasteiger partial charge in [-0.1, -0.05) is 36.7 Å². The van der Waals surface area contributed by atoms with Gasteiger partial charge in [-0.3, -0.25) is 0 Å². The van der Waals surface area contributed by atoms with Crippen LogP contribution in [0.4, 0.5) is 0 Å². The highest BCUT2D eigenvalue weighted by Gasteiger charge is 2.61. The quantitative estimate of drug-likeness (QED) is 0.651. The Morgan fingerprint density at radius 3 is 2.71 bits per heavy atom. The Morgan fingerprint density at radius 1 is 1.36 bits per heavy atom. The second-order valence-electron chi connectivity index (χ2n) is 4.96. The Hall–Kier alpha value is -0.490. The van der Waals surface area contributed by atoms with E-state index in [1.165, 1.54) is 24.8 Å². The van der Waals surface area contributed by atoms with Crippen molar-refractivity contribution in [2.24, 2.45) is 11.8 Å². The number of rotatable bonds is 1. The molecule has 3 rings (SSSR count). The van der Waals surface area contributed by atoms with Crippen LogP contribution in [0.5, 0.6) is 0 Å². The molecule has 1 heteroatoms. The summed E-state index contributed by atoms with van der Waals surface area (Å²) in [7, 11) is 0. The topological polar surface area (TPSA) is 0 Å². The van der Waals surface area contributed by atoms with Gasteiger partial charge in [-0.05, 0) is 42.7 Å². The summed E-state index contributed by atoms with van der Waals surface area (Å²) in [5, 5.41) is 0.976. The van der Waals surface area contributed by atoms with Gasteiger partial charge in [-0.15, -0.1) is 0 Å². The van der Waals surface area contributed by atoms with Crippen molar-refractivity contribution in [2.45, 2.75) is 31.6 Å². The van der Waals surface area contributed by atoms with E-state index in [4.69, 9.17) is 11.6 Å². The largest absolute Gasteiger partial charge is 0.0840 e. The van der Waals surface area contributed by atoms with Gasteiger partial charge in [0.1, 0.15) is 0 Å². The molecule has 0 aromatic heterocycles. The Bertz CT molecular complexity index is 371. The maximum atomic E-state index is 6.27. The zero-order valence-electron chi connectivity index (χ0n) is 8.46. The maximum absolute atomic E-state index is 6.27. The summed E-state index contributed by atoms with van der Waals surface area (Å²) in [6.07, 6.45) is 4.11. The van der Waals surface area contributed by atoms with E-state index in [1.54, 1.807) is 0 Å². The lowest BCUT2D eigenvalue weighted by Crippen LogP contribution is -2.05. The van der Waals surface area contributed by atoms with E-state index < -0.39 is 0 Å². The minimum Gasteiger partial charge on any atom is -0.0840 e. The van der Waals surface area contributed by atoms with Crippen molar-refractivity contribution in [3.8, 4) is 0 Å². The number of fused-ring (bicyclic) bond motifs is 1. The Balaban J connectivity index is 2.02. The van der Waals surface area contributed by atoms with E-state index in [9.17, 15) is 0 Å². The summed E-state index contributed by atoms with van der Waals surface area (Å²) in [5.74, 6) is 1.83. The van der Waals surface area contributed by atoms with Crippen LogP contribution in [0.1, 0.15) is 31.7 Å². The van der Waals surface area contributed by atoms with Gasteiger partial charge >= 0.3 is 0 Å². The molecule has 0 aliphatic heterocycles. The van der Waals surface area contributed by atoms with E-state index >= 15 is 0 Å². The van der Waals surface area contributed by atoms with Crippen LogP contribution in [0.15, 0.2) is 24.3 Å². The molecule has 0 saturated heterocycles. The van der Waals surface area contributed by atoms with E-state index in [-0.39, 0.29) is 0 Å². The van der Waals surface area contributed by atoms with Gasteiger partial charge < -0.3 is 0 Å². The maximum Gasteiger partial charge on any atom is 0.0443 e. The van der Waals surface area contributed by atoms with Gasteiger partial charge in [0.15, 0.2) is 0 Å². The first-order valence-corrected chi connectivity index (χ1v) is 5.87. The molecule has 0 radical (unpaired) electrons. The molecule has 0 N–H and O–H groups in total. The molecule has 14 heavy (non-hydrogen) atoms. The lowest BCUT2D eigenvalue weighted by molar-refractivity contribution is 0.530. The SMILES string of the molecule is C[C@@H]1CCC2(c3ccccc3Cl)CC12. The second-order valence-corrected chi connectivity index (χ2v) is 5.37. The lowest BCUT2D eigenvalue weighted by atomic mass is 9.93. The first kappa shape index (κ1) is 8.79. The average molecular weight is 207 g/mol. The van der Waals surface area contributed by atoms with Crippen molar-refractivity contribution >= 4 is 11.6 Å². The van der Waals surface area contributed by atoms with E-state index in [0.29, 0.717) is 5.41 Å². The van der Waals surface area contributed by atoms with Crippen LogP contribution in [0.25, 0.3) is 0 Å². The smallest absolute Gasteiger partial charge is 0.0443 e. The highest BCUT2D eigenvalue weighted by atomic mass is 35.5. The zero-order valence-corrected chi connectivity index (χ0v) is 9.22. The molecular formula is C13H15Cl. The molecule has 1 aromatic carbocycles. The summed E-state index contributed by atoms with van der Waals surface area (Å²) >= 11 is 6.27. The van der Waals surface area contributed by atoms with Crippen molar-refractivity contribution in [3.05, 3.63) is 34.9 Å². The molecule has 2 fully saturated rings. The molecule has 0 spiro atoms. The van der Waals surface area contributed by atoms with Crippen LogP contribution in [-0.4, -0.2) is 0 Å². The zero-order chi connectivity index (χ0) is 9.76. The van der Waals surface area contributed by atoms with E-state index in [2.05, 4.69) is 19.1 Å². The van der Waals surface area contributed by atoms with E-state index in [0.717, 1.165) is 16.9 Å². The van der Waals surface area contributed by atoms with Crippen molar-refractivity contribution < 1.29 is 0 Å². The lowest BCUT2D eigenvalue weighted by Gasteiger charge is -2.13. The van der Waals surface area contributed by atoms with Crippen LogP contribution in [0.3, 0.4) is 0 Å². The molecule has 0 amide bonds. The van der Waals surface area contributed by atoms with Gasteiger partial charge in [0.2, 0.25) is 0 Å². The number of hydrogen-bond donors (Lipinski definition) is 0. The minimum atomic E-state index is 0.484. The monoisotopic (exact) mass is 206 g/mol. The van der Waals surface area contributed by atoms with Crippen LogP contribution in [-0.2, 0) is 5.41 Å². The molecule has 0 heterocycles. The average Bonchev–Trinajstić information content (AvgIpc) is 2.84. The summed E-state index contributed by atoms with van der Waals surface area (Å²) < 4.78 is 0. The van der Waals surface area contributed by atoms with Crippen LogP contribution in [0.2, 0.25) is 5.02 Å². The predicted molar refractivity (Wildman–Crippen MR) is 59.6 cm³/mol. The van der Waals surface area contributed by atoms with Gasteiger partial charge in [-0.2, -0.15) is 0 Å². The molecule has 2 aliphatic carbocycles. The summed E-state index contributed by atoms with van der Waals surface area (Å²) in [6.45, 7) is 2.39. The molecule has 0 bridgehead atoms. The van der Waals surface area contributed by atoms with Crippen molar-refractivity contribution in [3.63, 3.8) is 0 Å². The fraction of sp³-hybridized carbons (Fsp3) is 0.538. The summed E-state index contributed by atoms with van der Waals surface area (Å²) in [6, 6.07) is 8.40. The number of hydrogen-bond acceptors (Lipinski definition) is 0. The summed E-state index contributed by atoms with van der Waals surface area (Å²) in [4.78, 5) is 0. The van der Waals surface area contributed by atoms with Gasteiger partial charge in [0, 0.05) is 10.4 Å². The fourth-order valence-electron chi connectivity index (χ4n) is 3.36. The molecule has 1 aromatic rings. The van der Waals surface area contributed by atoms with Crippen LogP contribution < -0.4 is 0 Å². The van der Waals surface area contributed by atoms with Gasteiger partial charge in [-0.25, -0.2) is 0 Å². The molecule has 74 valence electrons. The van der Waals surface area contributed by atoms with Gasteiger partial charge in [0.25, 0.3) is 0 Å². The molecule has 2 aliphatic rings. The molecular weight excluding hydrogens is 192 g/mol.